The van der Waals surface area contributed by atoms with Crippen molar-refractivity contribution in [2.75, 3.05) is 13.2 Å². The molecule has 1 amide bonds. The van der Waals surface area contributed by atoms with Crippen molar-refractivity contribution in [3.8, 4) is 0 Å². The van der Waals surface area contributed by atoms with Crippen LogP contribution in [-0.4, -0.2) is 41.8 Å². The van der Waals surface area contributed by atoms with Gasteiger partial charge in [-0.05, 0) is 94.6 Å². The van der Waals surface area contributed by atoms with Gasteiger partial charge in [-0.1, -0.05) is 17.7 Å². The number of esters is 1. The largest absolute Gasteiger partial charge is 0.456 e. The Morgan fingerprint density at radius 3 is 2.32 bits per heavy atom. The number of nitrogens with zero attached hydrogens (tertiary/aromatic N) is 1. The van der Waals surface area contributed by atoms with Crippen LogP contribution in [-0.2, 0) is 14.3 Å². The fraction of sp³-hybridized carbons (Fsp3) is 0.654. The molecule has 5 aliphatic rings. The van der Waals surface area contributed by atoms with Crippen LogP contribution >= 0.6 is 0 Å². The highest BCUT2D eigenvalue weighted by molar-refractivity contribution is 5.99. The standard InChI is InChI=1S/C26H33NO4/c1-16-5-6-17(2)21(8-16)23(28)15-31-24(29)22-4-3-7-27(22)25(30)26-12-18-9-19(13-26)11-20(10-18)14-26/h5-6,8,18-20,22H,3-4,7,9-15H2,1-2H3/t18?,19?,20?,22-,26?/m1/s1. The molecule has 1 aliphatic heterocycles. The van der Waals surface area contributed by atoms with E-state index in [1.807, 2.05) is 32.0 Å². The lowest BCUT2D eigenvalue weighted by Crippen LogP contribution is -2.56. The van der Waals surface area contributed by atoms with E-state index in [1.165, 1.54) is 19.3 Å². The molecule has 166 valence electrons. The number of hydrogen-bond donors (Lipinski definition) is 0. The third-order valence-corrected chi connectivity index (χ3v) is 8.32. The van der Waals surface area contributed by atoms with Gasteiger partial charge in [0.2, 0.25) is 11.7 Å². The van der Waals surface area contributed by atoms with Gasteiger partial charge in [0, 0.05) is 12.1 Å². The Bertz CT molecular complexity index is 885. The number of ether oxygens (including phenoxy) is 1. The number of aryl methyl sites for hydroxylation is 2. The number of benzene rings is 1. The molecule has 0 N–H and O–H groups in total. The quantitative estimate of drug-likeness (QED) is 0.525. The van der Waals surface area contributed by atoms with Gasteiger partial charge in [-0.25, -0.2) is 4.79 Å². The van der Waals surface area contributed by atoms with Crippen LogP contribution < -0.4 is 0 Å². The van der Waals surface area contributed by atoms with E-state index in [9.17, 15) is 14.4 Å². The number of hydrogen-bond acceptors (Lipinski definition) is 4. The third kappa shape index (κ3) is 3.70. The van der Waals surface area contributed by atoms with Gasteiger partial charge in [-0.3, -0.25) is 9.59 Å². The normalized spacial score (nSPS) is 33.5. The summed E-state index contributed by atoms with van der Waals surface area (Å²) in [5.74, 6) is 1.66. The molecule has 1 saturated heterocycles. The lowest BCUT2D eigenvalue weighted by atomic mass is 9.49. The summed E-state index contributed by atoms with van der Waals surface area (Å²) in [6, 6.07) is 5.17. The van der Waals surface area contributed by atoms with E-state index < -0.39 is 12.0 Å². The van der Waals surface area contributed by atoms with Crippen LogP contribution in [0.1, 0.15) is 72.9 Å². The molecular formula is C26H33NO4. The zero-order valence-electron chi connectivity index (χ0n) is 18.7. The summed E-state index contributed by atoms with van der Waals surface area (Å²) >= 11 is 0. The molecule has 4 aliphatic carbocycles. The van der Waals surface area contributed by atoms with E-state index in [2.05, 4.69) is 0 Å². The van der Waals surface area contributed by atoms with Gasteiger partial charge in [0.1, 0.15) is 6.04 Å². The molecule has 0 unspecified atom stereocenters. The molecule has 1 aromatic rings. The zero-order chi connectivity index (χ0) is 21.8. The van der Waals surface area contributed by atoms with E-state index >= 15 is 0 Å². The average Bonchev–Trinajstić information content (AvgIpc) is 3.21. The van der Waals surface area contributed by atoms with E-state index in [-0.39, 0.29) is 23.7 Å². The van der Waals surface area contributed by atoms with Gasteiger partial charge < -0.3 is 9.64 Å². The first kappa shape index (κ1) is 20.7. The molecule has 4 saturated carbocycles. The highest BCUT2D eigenvalue weighted by atomic mass is 16.5. The minimum absolute atomic E-state index is 0.187. The maximum absolute atomic E-state index is 13.7. The number of rotatable bonds is 5. The number of amides is 1. The van der Waals surface area contributed by atoms with Crippen molar-refractivity contribution in [1.82, 2.24) is 4.90 Å². The van der Waals surface area contributed by atoms with Crippen molar-refractivity contribution < 1.29 is 19.1 Å². The Labute approximate surface area is 184 Å². The molecule has 0 spiro atoms. The van der Waals surface area contributed by atoms with Gasteiger partial charge >= 0.3 is 5.97 Å². The second-order valence-corrected chi connectivity index (χ2v) is 10.7. The lowest BCUT2D eigenvalue weighted by molar-refractivity contribution is -0.165. The predicted molar refractivity (Wildman–Crippen MR) is 117 cm³/mol. The second kappa shape index (κ2) is 7.75. The fourth-order valence-electron chi connectivity index (χ4n) is 7.28. The van der Waals surface area contributed by atoms with Gasteiger partial charge in [-0.2, -0.15) is 0 Å². The fourth-order valence-corrected chi connectivity index (χ4v) is 7.28. The molecule has 6 rings (SSSR count). The second-order valence-electron chi connectivity index (χ2n) is 10.7. The molecular weight excluding hydrogens is 390 g/mol. The zero-order valence-corrected chi connectivity index (χ0v) is 18.7. The van der Waals surface area contributed by atoms with Gasteiger partial charge in [-0.15, -0.1) is 0 Å². The Morgan fingerprint density at radius 1 is 1.03 bits per heavy atom. The van der Waals surface area contributed by atoms with Crippen LogP contribution in [0.3, 0.4) is 0 Å². The van der Waals surface area contributed by atoms with Crippen LogP contribution in [0.4, 0.5) is 0 Å². The topological polar surface area (TPSA) is 63.7 Å². The highest BCUT2D eigenvalue weighted by Crippen LogP contribution is 2.60. The lowest BCUT2D eigenvalue weighted by Gasteiger charge is -2.56. The van der Waals surface area contributed by atoms with Crippen LogP contribution in [0.5, 0.6) is 0 Å². The van der Waals surface area contributed by atoms with Crippen molar-refractivity contribution in [3.05, 3.63) is 34.9 Å². The monoisotopic (exact) mass is 423 g/mol. The van der Waals surface area contributed by atoms with Crippen LogP contribution in [0.25, 0.3) is 0 Å². The Morgan fingerprint density at radius 2 is 1.68 bits per heavy atom. The number of ketones is 1. The van der Waals surface area contributed by atoms with Crippen molar-refractivity contribution in [3.63, 3.8) is 0 Å². The maximum atomic E-state index is 13.7. The summed E-state index contributed by atoms with van der Waals surface area (Å²) in [6.07, 6.45) is 8.33. The Hall–Kier alpha value is -2.17. The number of carbonyl (C=O) groups is 3. The molecule has 5 heteroatoms. The molecule has 4 bridgehead atoms. The Balaban J connectivity index is 1.25. The van der Waals surface area contributed by atoms with Crippen molar-refractivity contribution in [2.45, 2.75) is 71.3 Å². The van der Waals surface area contributed by atoms with Crippen molar-refractivity contribution >= 4 is 17.7 Å². The molecule has 1 heterocycles. The SMILES string of the molecule is Cc1ccc(C)c(C(=O)COC(=O)[C@H]2CCCN2C(=O)C23CC4CC(CC(C4)C2)C3)c1. The van der Waals surface area contributed by atoms with Crippen LogP contribution in [0.15, 0.2) is 18.2 Å². The van der Waals surface area contributed by atoms with E-state index in [1.54, 1.807) is 4.90 Å². The highest BCUT2D eigenvalue weighted by Gasteiger charge is 2.57. The van der Waals surface area contributed by atoms with Gasteiger partial charge in [0.05, 0.1) is 5.41 Å². The number of carbonyl (C=O) groups excluding carboxylic acids is 3. The minimum atomic E-state index is -0.535. The predicted octanol–water partition coefficient (Wildman–Crippen LogP) is 4.24. The summed E-state index contributed by atoms with van der Waals surface area (Å²) in [6.45, 7) is 4.19. The van der Waals surface area contributed by atoms with E-state index in [0.717, 1.165) is 36.8 Å². The van der Waals surface area contributed by atoms with Crippen LogP contribution in [0, 0.1) is 37.0 Å². The molecule has 5 nitrogen and oxygen atoms in total. The smallest absolute Gasteiger partial charge is 0.329 e. The molecule has 0 radical (unpaired) electrons. The summed E-state index contributed by atoms with van der Waals surface area (Å²) < 4.78 is 5.45. The van der Waals surface area contributed by atoms with Crippen molar-refractivity contribution in [1.29, 1.82) is 0 Å². The number of Topliss-reactive ketones (excluding diaryl/α,β-unsaturated/α-hetero) is 1. The third-order valence-electron chi connectivity index (χ3n) is 8.32. The van der Waals surface area contributed by atoms with Gasteiger partial charge in [0.25, 0.3) is 0 Å². The summed E-state index contributed by atoms with van der Waals surface area (Å²) in [4.78, 5) is 41.0. The minimum Gasteiger partial charge on any atom is -0.456 e. The summed E-state index contributed by atoms with van der Waals surface area (Å²) in [7, 11) is 0. The van der Waals surface area contributed by atoms with E-state index in [4.69, 9.17) is 4.74 Å². The first-order valence-electron chi connectivity index (χ1n) is 11.9. The summed E-state index contributed by atoms with van der Waals surface area (Å²) in [5.41, 5.74) is 2.24. The van der Waals surface area contributed by atoms with Gasteiger partial charge in [0.15, 0.2) is 6.61 Å². The average molecular weight is 424 g/mol. The van der Waals surface area contributed by atoms with Crippen molar-refractivity contribution in [2.24, 2.45) is 23.2 Å². The first-order valence-corrected chi connectivity index (χ1v) is 11.9. The molecule has 5 fully saturated rings. The molecule has 31 heavy (non-hydrogen) atoms. The Kier molecular flexibility index (Phi) is 5.18. The summed E-state index contributed by atoms with van der Waals surface area (Å²) in [5, 5.41) is 0. The molecule has 1 atom stereocenters. The molecule has 1 aromatic carbocycles. The van der Waals surface area contributed by atoms with E-state index in [0.29, 0.717) is 36.3 Å². The maximum Gasteiger partial charge on any atom is 0.329 e. The van der Waals surface area contributed by atoms with Crippen LogP contribution in [0.2, 0.25) is 0 Å². The molecule has 0 aromatic heterocycles. The number of likely N-dealkylation sites (tertiary alicyclic amines) is 1. The first-order chi connectivity index (χ1) is 14.8.